The second-order valence-electron chi connectivity index (χ2n) is 7.34. The van der Waals surface area contributed by atoms with Crippen LogP contribution in [-0.4, -0.2) is 55.4 Å². The fraction of sp³-hybridized carbons (Fsp3) is 0.684. The number of rotatable bonds is 10. The Balaban J connectivity index is 1.80. The zero-order valence-corrected chi connectivity index (χ0v) is 16.4. The number of nitrogens with two attached hydrogens (primary N) is 1. The summed E-state index contributed by atoms with van der Waals surface area (Å²) in [5, 5.41) is 17.8. The van der Waals surface area contributed by atoms with Crippen molar-refractivity contribution < 1.29 is 23.9 Å². The van der Waals surface area contributed by atoms with Crippen LogP contribution in [0.25, 0.3) is 0 Å². The Hall–Kier alpha value is -1.35. The van der Waals surface area contributed by atoms with Crippen molar-refractivity contribution in [3.05, 3.63) is 23.5 Å². The van der Waals surface area contributed by atoms with Crippen LogP contribution in [0.3, 0.4) is 0 Å². The molecule has 0 radical (unpaired) electrons. The summed E-state index contributed by atoms with van der Waals surface area (Å²) in [6.45, 7) is 2.32. The van der Waals surface area contributed by atoms with E-state index in [0.717, 1.165) is 45.2 Å². The Morgan fingerprint density at radius 3 is 2.41 bits per heavy atom. The van der Waals surface area contributed by atoms with Gasteiger partial charge in [-0.15, -0.1) is 0 Å². The molecule has 0 amide bonds. The third-order valence-electron chi connectivity index (χ3n) is 5.43. The summed E-state index contributed by atoms with van der Waals surface area (Å²) in [5.74, 6) is 1.13. The van der Waals surface area contributed by atoms with Gasteiger partial charge in [-0.3, -0.25) is 4.90 Å². The second kappa shape index (κ2) is 10.9. The lowest BCUT2D eigenvalue weighted by Crippen LogP contribution is -2.40. The largest absolute Gasteiger partial charge is 0.493 e. The number of piperidine rings is 1. The molecule has 0 saturated carbocycles. The van der Waals surface area contributed by atoms with Crippen molar-refractivity contribution in [3.8, 4) is 11.5 Å². The number of halogens is 1. The monoisotopic (exact) mass is 382 g/mol. The Morgan fingerprint density at radius 1 is 1.19 bits per heavy atom. The minimum atomic E-state index is -1.22. The SMILES string of the molecule is COc1cc(F)c(CN2CCC(C(N)CCCCB(O)O)CC2)cc1OC. The second-order valence-corrected chi connectivity index (χ2v) is 7.34. The molecule has 27 heavy (non-hydrogen) atoms. The van der Waals surface area contributed by atoms with Crippen LogP contribution in [0.5, 0.6) is 11.5 Å². The topological polar surface area (TPSA) is 88.2 Å². The van der Waals surface area contributed by atoms with Crippen molar-refractivity contribution in [2.75, 3.05) is 27.3 Å². The molecule has 1 aliphatic heterocycles. The molecule has 1 fully saturated rings. The molecule has 152 valence electrons. The average Bonchev–Trinajstić information content (AvgIpc) is 2.66. The van der Waals surface area contributed by atoms with Crippen LogP contribution in [0.15, 0.2) is 12.1 Å². The number of unbranched alkanes of at least 4 members (excludes halogenated alkanes) is 1. The minimum Gasteiger partial charge on any atom is -0.493 e. The third kappa shape index (κ3) is 6.64. The van der Waals surface area contributed by atoms with E-state index < -0.39 is 7.12 Å². The van der Waals surface area contributed by atoms with Gasteiger partial charge in [0.15, 0.2) is 11.5 Å². The van der Waals surface area contributed by atoms with E-state index >= 15 is 0 Å². The van der Waals surface area contributed by atoms with E-state index in [4.69, 9.17) is 25.3 Å². The van der Waals surface area contributed by atoms with E-state index in [0.29, 0.717) is 35.8 Å². The first-order valence-corrected chi connectivity index (χ1v) is 9.69. The van der Waals surface area contributed by atoms with Crippen LogP contribution in [0.2, 0.25) is 6.32 Å². The van der Waals surface area contributed by atoms with Gasteiger partial charge in [-0.2, -0.15) is 0 Å². The van der Waals surface area contributed by atoms with E-state index in [1.807, 2.05) is 0 Å². The minimum absolute atomic E-state index is 0.140. The van der Waals surface area contributed by atoms with Gasteiger partial charge in [0.25, 0.3) is 0 Å². The van der Waals surface area contributed by atoms with Gasteiger partial charge >= 0.3 is 7.12 Å². The van der Waals surface area contributed by atoms with E-state index in [1.54, 1.807) is 13.2 Å². The summed E-state index contributed by atoms with van der Waals surface area (Å²) >= 11 is 0. The maximum absolute atomic E-state index is 14.3. The van der Waals surface area contributed by atoms with Crippen LogP contribution in [0.4, 0.5) is 4.39 Å². The molecular weight excluding hydrogens is 350 g/mol. The molecule has 0 spiro atoms. The molecule has 0 aromatic heterocycles. The molecule has 0 aliphatic carbocycles. The number of methoxy groups -OCH3 is 2. The highest BCUT2D eigenvalue weighted by atomic mass is 19.1. The Kier molecular flexibility index (Phi) is 8.82. The molecule has 1 heterocycles. The molecule has 1 saturated heterocycles. The van der Waals surface area contributed by atoms with Crippen LogP contribution in [0, 0.1) is 11.7 Å². The number of ether oxygens (including phenoxy) is 2. The lowest BCUT2D eigenvalue weighted by atomic mass is 9.82. The maximum atomic E-state index is 14.3. The molecule has 1 aliphatic rings. The van der Waals surface area contributed by atoms with Gasteiger partial charge in [0.1, 0.15) is 5.82 Å². The first-order valence-electron chi connectivity index (χ1n) is 9.69. The fourth-order valence-corrected chi connectivity index (χ4v) is 3.74. The van der Waals surface area contributed by atoms with Crippen molar-refractivity contribution in [1.29, 1.82) is 0 Å². The Bertz CT molecular complexity index is 583. The number of benzene rings is 1. The van der Waals surface area contributed by atoms with Gasteiger partial charge in [-0.1, -0.05) is 12.8 Å². The van der Waals surface area contributed by atoms with Gasteiger partial charge in [0.2, 0.25) is 0 Å². The van der Waals surface area contributed by atoms with Crippen molar-refractivity contribution in [1.82, 2.24) is 4.90 Å². The molecule has 6 nitrogen and oxygen atoms in total. The van der Waals surface area contributed by atoms with Crippen molar-refractivity contribution >= 4 is 7.12 Å². The third-order valence-corrected chi connectivity index (χ3v) is 5.43. The fourth-order valence-electron chi connectivity index (χ4n) is 3.74. The summed E-state index contributed by atoms with van der Waals surface area (Å²) in [6, 6.07) is 3.22. The smallest absolute Gasteiger partial charge is 0.451 e. The van der Waals surface area contributed by atoms with Gasteiger partial charge in [-0.05, 0) is 50.7 Å². The molecular formula is C19H32BFN2O4. The summed E-state index contributed by atoms with van der Waals surface area (Å²) in [5.41, 5.74) is 6.93. The quantitative estimate of drug-likeness (QED) is 0.424. The molecule has 1 unspecified atom stereocenters. The molecule has 1 aromatic carbocycles. The van der Waals surface area contributed by atoms with E-state index in [2.05, 4.69) is 4.90 Å². The number of hydrogen-bond acceptors (Lipinski definition) is 6. The molecule has 1 aromatic rings. The summed E-state index contributed by atoms with van der Waals surface area (Å²) in [4.78, 5) is 2.25. The highest BCUT2D eigenvalue weighted by Gasteiger charge is 2.25. The summed E-state index contributed by atoms with van der Waals surface area (Å²) < 4.78 is 24.7. The Morgan fingerprint density at radius 2 is 1.81 bits per heavy atom. The van der Waals surface area contributed by atoms with Crippen LogP contribution >= 0.6 is 0 Å². The normalized spacial score (nSPS) is 17.0. The van der Waals surface area contributed by atoms with Crippen LogP contribution < -0.4 is 15.2 Å². The van der Waals surface area contributed by atoms with Crippen molar-refractivity contribution in [2.24, 2.45) is 11.7 Å². The summed E-state index contributed by atoms with van der Waals surface area (Å²) in [7, 11) is 1.83. The van der Waals surface area contributed by atoms with Gasteiger partial charge in [0.05, 0.1) is 14.2 Å². The molecule has 0 bridgehead atoms. The van der Waals surface area contributed by atoms with Crippen LogP contribution in [-0.2, 0) is 6.54 Å². The number of nitrogens with zero attached hydrogens (tertiary/aromatic N) is 1. The van der Waals surface area contributed by atoms with Gasteiger partial charge in [0, 0.05) is 24.2 Å². The van der Waals surface area contributed by atoms with E-state index in [-0.39, 0.29) is 11.9 Å². The molecule has 1 atom stereocenters. The average molecular weight is 382 g/mol. The zero-order chi connectivity index (χ0) is 19.8. The van der Waals surface area contributed by atoms with Gasteiger partial charge in [-0.25, -0.2) is 4.39 Å². The zero-order valence-electron chi connectivity index (χ0n) is 16.4. The van der Waals surface area contributed by atoms with Crippen molar-refractivity contribution in [3.63, 3.8) is 0 Å². The summed E-state index contributed by atoms with van der Waals surface area (Å²) in [6.07, 6.45) is 5.00. The number of likely N-dealkylation sites (tertiary alicyclic amines) is 1. The maximum Gasteiger partial charge on any atom is 0.451 e. The lowest BCUT2D eigenvalue weighted by molar-refractivity contribution is 0.157. The predicted octanol–water partition coefficient (Wildman–Crippen LogP) is 2.03. The Labute approximate surface area is 161 Å². The first-order chi connectivity index (χ1) is 12.9. The predicted molar refractivity (Wildman–Crippen MR) is 104 cm³/mol. The highest BCUT2D eigenvalue weighted by Crippen LogP contribution is 2.31. The van der Waals surface area contributed by atoms with Gasteiger partial charge < -0.3 is 25.3 Å². The highest BCUT2D eigenvalue weighted by molar-refractivity contribution is 6.40. The molecule has 2 rings (SSSR count). The molecule has 4 N–H and O–H groups in total. The standard InChI is InChI=1S/C19H32BFN2O4/c1-26-18-11-15(16(21)12-19(18)27-2)13-23-9-6-14(7-10-23)17(22)5-3-4-8-20(24)25/h11-12,14,17,24-25H,3-10,13,22H2,1-2H3. The van der Waals surface area contributed by atoms with E-state index in [9.17, 15) is 4.39 Å². The first kappa shape index (κ1) is 21.9. The van der Waals surface area contributed by atoms with Crippen LogP contribution in [0.1, 0.15) is 37.7 Å². The molecule has 8 heteroatoms. The van der Waals surface area contributed by atoms with Crippen molar-refractivity contribution in [2.45, 2.75) is 51.0 Å². The van der Waals surface area contributed by atoms with E-state index in [1.165, 1.54) is 13.2 Å². The number of hydrogen-bond donors (Lipinski definition) is 3. The lowest BCUT2D eigenvalue weighted by Gasteiger charge is -2.35.